The normalized spacial score (nSPS) is 11.4. The van der Waals surface area contributed by atoms with Crippen LogP contribution < -0.4 is 10.1 Å². The molecule has 4 rings (SSSR count). The van der Waals surface area contributed by atoms with Crippen LogP contribution in [0, 0.1) is 6.92 Å². The van der Waals surface area contributed by atoms with Crippen molar-refractivity contribution in [2.45, 2.75) is 46.4 Å². The van der Waals surface area contributed by atoms with Crippen LogP contribution in [-0.4, -0.2) is 25.5 Å². The van der Waals surface area contributed by atoms with Gasteiger partial charge in [0.1, 0.15) is 5.75 Å². The van der Waals surface area contributed by atoms with Gasteiger partial charge in [0.25, 0.3) is 5.91 Å². The van der Waals surface area contributed by atoms with Crippen LogP contribution in [0.25, 0.3) is 0 Å². The SMILES string of the molecule is Cc1ccc(Cn2cc(NC(=O)c3ccn(COc4ccc(C(C)(C)C)cc4)n3)cn2)cc1. The maximum Gasteiger partial charge on any atom is 0.276 e. The van der Waals surface area contributed by atoms with Crippen LogP contribution in [0.15, 0.2) is 73.2 Å². The maximum atomic E-state index is 12.6. The quantitative estimate of drug-likeness (QED) is 0.435. The van der Waals surface area contributed by atoms with Crippen molar-refractivity contribution in [2.75, 3.05) is 5.32 Å². The fraction of sp³-hybridized carbons (Fsp3) is 0.269. The largest absolute Gasteiger partial charge is 0.471 e. The number of nitrogens with zero attached hydrogens (tertiary/aromatic N) is 4. The summed E-state index contributed by atoms with van der Waals surface area (Å²) in [6.07, 6.45) is 5.16. The summed E-state index contributed by atoms with van der Waals surface area (Å²) in [7, 11) is 0. The summed E-state index contributed by atoms with van der Waals surface area (Å²) in [5, 5.41) is 11.5. The van der Waals surface area contributed by atoms with Crippen LogP contribution in [0.5, 0.6) is 5.75 Å². The molecule has 7 heteroatoms. The highest BCUT2D eigenvalue weighted by molar-refractivity contribution is 6.02. The van der Waals surface area contributed by atoms with Crippen LogP contribution in [0.1, 0.15) is 48.0 Å². The third-order valence-corrected chi connectivity index (χ3v) is 5.31. The number of anilines is 1. The van der Waals surface area contributed by atoms with E-state index >= 15 is 0 Å². The van der Waals surface area contributed by atoms with Crippen molar-refractivity contribution in [2.24, 2.45) is 0 Å². The number of aromatic nitrogens is 4. The lowest BCUT2D eigenvalue weighted by Gasteiger charge is -2.19. The van der Waals surface area contributed by atoms with Gasteiger partial charge in [-0.05, 0) is 41.7 Å². The third-order valence-electron chi connectivity index (χ3n) is 5.31. The first-order valence-electron chi connectivity index (χ1n) is 10.9. The third kappa shape index (κ3) is 5.88. The van der Waals surface area contributed by atoms with E-state index in [4.69, 9.17) is 4.74 Å². The predicted octanol–water partition coefficient (Wildman–Crippen LogP) is 5.02. The summed E-state index contributed by atoms with van der Waals surface area (Å²) >= 11 is 0. The summed E-state index contributed by atoms with van der Waals surface area (Å²) in [6.45, 7) is 9.44. The number of ether oxygens (including phenoxy) is 1. The first-order chi connectivity index (χ1) is 15.8. The molecule has 4 aromatic rings. The number of rotatable bonds is 7. The zero-order chi connectivity index (χ0) is 23.4. The average Bonchev–Trinajstić information content (AvgIpc) is 3.43. The molecule has 2 aromatic heterocycles. The minimum absolute atomic E-state index is 0.0972. The van der Waals surface area contributed by atoms with Gasteiger partial charge in [0, 0.05) is 12.4 Å². The highest BCUT2D eigenvalue weighted by atomic mass is 16.5. The van der Waals surface area contributed by atoms with Crippen LogP contribution >= 0.6 is 0 Å². The second-order valence-corrected chi connectivity index (χ2v) is 9.15. The zero-order valence-electron chi connectivity index (χ0n) is 19.4. The molecule has 0 saturated heterocycles. The van der Waals surface area contributed by atoms with Gasteiger partial charge >= 0.3 is 0 Å². The van der Waals surface area contributed by atoms with E-state index in [-0.39, 0.29) is 18.1 Å². The Balaban J connectivity index is 1.31. The lowest BCUT2D eigenvalue weighted by atomic mass is 9.87. The number of benzene rings is 2. The molecule has 33 heavy (non-hydrogen) atoms. The van der Waals surface area contributed by atoms with E-state index in [1.54, 1.807) is 34.0 Å². The number of hydrogen-bond donors (Lipinski definition) is 1. The predicted molar refractivity (Wildman–Crippen MR) is 128 cm³/mol. The Kier molecular flexibility index (Phi) is 6.31. The van der Waals surface area contributed by atoms with Gasteiger partial charge < -0.3 is 10.1 Å². The molecule has 170 valence electrons. The number of amides is 1. The molecule has 0 unspecified atom stereocenters. The molecule has 0 radical (unpaired) electrons. The summed E-state index contributed by atoms with van der Waals surface area (Å²) in [5.41, 5.74) is 4.64. The van der Waals surface area contributed by atoms with Gasteiger partial charge in [-0.3, -0.25) is 9.48 Å². The van der Waals surface area contributed by atoms with E-state index in [9.17, 15) is 4.79 Å². The van der Waals surface area contributed by atoms with Crippen molar-refractivity contribution in [1.29, 1.82) is 0 Å². The molecule has 2 heterocycles. The number of carbonyl (C=O) groups excluding carboxylic acids is 1. The zero-order valence-corrected chi connectivity index (χ0v) is 19.4. The second kappa shape index (κ2) is 9.32. The molecule has 0 aliphatic heterocycles. The second-order valence-electron chi connectivity index (χ2n) is 9.15. The standard InChI is InChI=1S/C26H29N5O2/c1-19-5-7-20(8-6-19)16-31-17-22(15-27-31)28-25(32)24-13-14-30(29-24)18-33-23-11-9-21(10-12-23)26(2,3)4/h5-15,17H,16,18H2,1-4H3,(H,28,32). The molecule has 0 spiro atoms. The van der Waals surface area contributed by atoms with Crippen LogP contribution in [0.3, 0.4) is 0 Å². The minimum Gasteiger partial charge on any atom is -0.471 e. The molecule has 0 aliphatic carbocycles. The van der Waals surface area contributed by atoms with Gasteiger partial charge in [-0.25, -0.2) is 4.68 Å². The molecule has 1 amide bonds. The van der Waals surface area contributed by atoms with E-state index in [1.165, 1.54) is 11.1 Å². The van der Waals surface area contributed by atoms with Crippen LogP contribution in [0.4, 0.5) is 5.69 Å². The molecule has 0 atom stereocenters. The summed E-state index contributed by atoms with van der Waals surface area (Å²) in [6, 6.07) is 18.0. The molecular formula is C26H29N5O2. The average molecular weight is 444 g/mol. The number of aryl methyl sites for hydroxylation is 1. The molecule has 0 aliphatic rings. The molecule has 0 bridgehead atoms. The van der Waals surface area contributed by atoms with Gasteiger partial charge in [-0.1, -0.05) is 62.7 Å². The van der Waals surface area contributed by atoms with Crippen molar-refractivity contribution in [3.63, 3.8) is 0 Å². The highest BCUT2D eigenvalue weighted by Crippen LogP contribution is 2.24. The molecule has 0 fully saturated rings. The maximum absolute atomic E-state index is 12.6. The van der Waals surface area contributed by atoms with E-state index in [2.05, 4.69) is 79.6 Å². The summed E-state index contributed by atoms with van der Waals surface area (Å²) in [5.74, 6) is 0.462. The Labute approximate surface area is 194 Å². The number of carbonyl (C=O) groups is 1. The van der Waals surface area contributed by atoms with Crippen molar-refractivity contribution in [1.82, 2.24) is 19.6 Å². The Morgan fingerprint density at radius 2 is 1.73 bits per heavy atom. The lowest BCUT2D eigenvalue weighted by molar-refractivity contribution is 0.102. The summed E-state index contributed by atoms with van der Waals surface area (Å²) in [4.78, 5) is 12.6. The molecule has 2 aromatic carbocycles. The highest BCUT2D eigenvalue weighted by Gasteiger charge is 2.14. The Morgan fingerprint density at radius 1 is 1.00 bits per heavy atom. The van der Waals surface area contributed by atoms with Crippen molar-refractivity contribution in [3.8, 4) is 5.75 Å². The van der Waals surface area contributed by atoms with Crippen molar-refractivity contribution >= 4 is 11.6 Å². The fourth-order valence-electron chi connectivity index (χ4n) is 3.34. The molecule has 7 nitrogen and oxygen atoms in total. The number of nitrogens with one attached hydrogen (secondary N) is 1. The van der Waals surface area contributed by atoms with Crippen molar-refractivity contribution in [3.05, 3.63) is 95.6 Å². The molecular weight excluding hydrogens is 414 g/mol. The Hall–Kier alpha value is -3.87. The van der Waals surface area contributed by atoms with E-state index in [0.29, 0.717) is 17.9 Å². The van der Waals surface area contributed by atoms with Gasteiger partial charge in [-0.2, -0.15) is 10.2 Å². The summed E-state index contributed by atoms with van der Waals surface area (Å²) < 4.78 is 9.17. The topological polar surface area (TPSA) is 74.0 Å². The van der Waals surface area contributed by atoms with E-state index in [1.807, 2.05) is 12.1 Å². The Bertz CT molecular complexity index is 1210. The van der Waals surface area contributed by atoms with Gasteiger partial charge in [0.2, 0.25) is 0 Å². The number of hydrogen-bond acceptors (Lipinski definition) is 4. The molecule has 1 N–H and O–H groups in total. The van der Waals surface area contributed by atoms with Gasteiger partial charge in [0.15, 0.2) is 12.4 Å². The van der Waals surface area contributed by atoms with E-state index in [0.717, 1.165) is 11.3 Å². The van der Waals surface area contributed by atoms with Gasteiger partial charge in [-0.15, -0.1) is 0 Å². The Morgan fingerprint density at radius 3 is 2.42 bits per heavy atom. The van der Waals surface area contributed by atoms with Gasteiger partial charge in [0.05, 0.1) is 18.4 Å². The van der Waals surface area contributed by atoms with Crippen molar-refractivity contribution < 1.29 is 9.53 Å². The van der Waals surface area contributed by atoms with E-state index < -0.39 is 0 Å². The monoisotopic (exact) mass is 443 g/mol. The minimum atomic E-state index is -0.293. The lowest BCUT2D eigenvalue weighted by Crippen LogP contribution is -2.14. The smallest absolute Gasteiger partial charge is 0.276 e. The first kappa shape index (κ1) is 22.3. The fourth-order valence-corrected chi connectivity index (χ4v) is 3.34. The molecule has 0 saturated carbocycles. The van der Waals surface area contributed by atoms with Crippen LogP contribution in [0.2, 0.25) is 0 Å². The van der Waals surface area contributed by atoms with Crippen LogP contribution in [-0.2, 0) is 18.7 Å². The first-order valence-corrected chi connectivity index (χ1v) is 10.9.